The number of nitrogens with one attached hydrogen (secondary N) is 3. The molecule has 1 heterocycles. The van der Waals surface area contributed by atoms with Crippen LogP contribution in [0.25, 0.3) is 11.1 Å². The van der Waals surface area contributed by atoms with Crippen molar-refractivity contribution < 1.29 is 37.1 Å². The van der Waals surface area contributed by atoms with Crippen LogP contribution in [0.4, 0.5) is 19.0 Å². The van der Waals surface area contributed by atoms with E-state index in [1.807, 2.05) is 49.4 Å². The van der Waals surface area contributed by atoms with Gasteiger partial charge in [-0.05, 0) is 54.2 Å². The van der Waals surface area contributed by atoms with Gasteiger partial charge >= 0.3 is 18.1 Å². The Labute approximate surface area is 240 Å². The first kappa shape index (κ1) is 31.8. The lowest BCUT2D eigenvalue weighted by Crippen LogP contribution is -2.39. The summed E-state index contributed by atoms with van der Waals surface area (Å²) >= 11 is 0. The number of ether oxygens (including phenoxy) is 1. The number of aryl methyl sites for hydroxylation is 1. The normalized spacial score (nSPS) is 11.7. The first-order valence-corrected chi connectivity index (χ1v) is 13.2. The van der Waals surface area contributed by atoms with Gasteiger partial charge in [0.05, 0.1) is 19.0 Å². The molecule has 2 amide bonds. The van der Waals surface area contributed by atoms with E-state index in [1.165, 1.54) is 0 Å². The average Bonchev–Trinajstić information content (AvgIpc) is 2.96. The number of nitrogens with zero attached hydrogens (tertiary/aromatic N) is 1. The van der Waals surface area contributed by atoms with Crippen LogP contribution in [-0.4, -0.2) is 48.0 Å². The van der Waals surface area contributed by atoms with Crippen molar-refractivity contribution in [2.24, 2.45) is 0 Å². The molecule has 1 unspecified atom stereocenters. The molecule has 1 atom stereocenters. The van der Waals surface area contributed by atoms with Crippen LogP contribution < -0.4 is 16.0 Å². The third kappa shape index (κ3) is 10.3. The third-order valence-corrected chi connectivity index (χ3v) is 6.13. The van der Waals surface area contributed by atoms with Crippen LogP contribution in [0.2, 0.25) is 0 Å². The summed E-state index contributed by atoms with van der Waals surface area (Å²) in [7, 11) is 0. The zero-order chi connectivity index (χ0) is 30.5. The highest BCUT2D eigenvalue weighted by Gasteiger charge is 2.42. The smallest absolute Gasteiger partial charge is 0.386 e. The van der Waals surface area contributed by atoms with E-state index in [2.05, 4.69) is 25.7 Å². The van der Waals surface area contributed by atoms with Crippen molar-refractivity contribution in [3.63, 3.8) is 0 Å². The summed E-state index contributed by atoms with van der Waals surface area (Å²) in [4.78, 5) is 52.3. The number of carbonyl (C=O) groups excluding carboxylic acids is 4. The van der Waals surface area contributed by atoms with Crippen LogP contribution in [-0.2, 0) is 23.9 Å². The summed E-state index contributed by atoms with van der Waals surface area (Å²) in [6.07, 6.45) is -3.00. The SMILES string of the molecule is Cc1cc(C(CC(=O)OC(=O)C(F)(F)F)NC(=O)CNC(=O)CCCCNc2ccccn2)ccc1-c1ccccc1. The topological polar surface area (TPSA) is 126 Å². The fourth-order valence-corrected chi connectivity index (χ4v) is 4.07. The highest BCUT2D eigenvalue weighted by atomic mass is 19.4. The van der Waals surface area contributed by atoms with E-state index in [0.717, 1.165) is 22.5 Å². The van der Waals surface area contributed by atoms with E-state index in [-0.39, 0.29) is 12.3 Å². The molecule has 1 aromatic heterocycles. The number of amides is 2. The van der Waals surface area contributed by atoms with E-state index < -0.39 is 43.0 Å². The van der Waals surface area contributed by atoms with E-state index in [4.69, 9.17) is 0 Å². The molecule has 3 aromatic rings. The Balaban J connectivity index is 1.58. The predicted octanol–water partition coefficient (Wildman–Crippen LogP) is 4.64. The quantitative estimate of drug-likeness (QED) is 0.152. The van der Waals surface area contributed by atoms with Gasteiger partial charge in [0.15, 0.2) is 0 Å². The third-order valence-electron chi connectivity index (χ3n) is 6.13. The summed E-state index contributed by atoms with van der Waals surface area (Å²) < 4.78 is 41.7. The number of alkyl halides is 3. The van der Waals surface area contributed by atoms with Gasteiger partial charge in [-0.1, -0.05) is 54.6 Å². The molecule has 2 aromatic carbocycles. The van der Waals surface area contributed by atoms with Gasteiger partial charge in [0.1, 0.15) is 5.82 Å². The molecule has 3 N–H and O–H groups in total. The van der Waals surface area contributed by atoms with E-state index in [0.29, 0.717) is 24.9 Å². The maximum absolute atomic E-state index is 12.7. The van der Waals surface area contributed by atoms with E-state index in [9.17, 15) is 32.3 Å². The highest BCUT2D eigenvalue weighted by molar-refractivity contribution is 5.89. The molecular weight excluding hydrogens is 553 g/mol. The second-order valence-electron chi connectivity index (χ2n) is 9.40. The Kier molecular flexibility index (Phi) is 11.6. The molecule has 0 aliphatic carbocycles. The number of unbranched alkanes of at least 4 members (excludes halogenated alkanes) is 1. The zero-order valence-electron chi connectivity index (χ0n) is 22.9. The van der Waals surface area contributed by atoms with Gasteiger partial charge in [-0.25, -0.2) is 9.78 Å². The number of hydrogen-bond donors (Lipinski definition) is 3. The number of rotatable bonds is 13. The molecule has 0 spiro atoms. The minimum Gasteiger partial charge on any atom is -0.386 e. The Bertz CT molecular complexity index is 1370. The van der Waals surface area contributed by atoms with E-state index in [1.54, 1.807) is 30.5 Å². The second kappa shape index (κ2) is 15.3. The van der Waals surface area contributed by atoms with Crippen molar-refractivity contribution in [2.75, 3.05) is 18.4 Å². The Morgan fingerprint density at radius 2 is 1.67 bits per heavy atom. The lowest BCUT2D eigenvalue weighted by Gasteiger charge is -2.20. The monoisotopic (exact) mass is 584 g/mol. The van der Waals surface area contributed by atoms with Crippen molar-refractivity contribution in [1.29, 1.82) is 0 Å². The lowest BCUT2D eigenvalue weighted by atomic mass is 9.95. The van der Waals surface area contributed by atoms with Crippen LogP contribution in [0.15, 0.2) is 72.9 Å². The lowest BCUT2D eigenvalue weighted by molar-refractivity contribution is -0.202. The van der Waals surface area contributed by atoms with Crippen molar-refractivity contribution >= 4 is 29.6 Å². The minimum absolute atomic E-state index is 0.173. The number of aromatic nitrogens is 1. The van der Waals surface area contributed by atoms with Crippen LogP contribution in [0.5, 0.6) is 0 Å². The first-order valence-electron chi connectivity index (χ1n) is 13.2. The maximum atomic E-state index is 12.7. The van der Waals surface area contributed by atoms with Crippen molar-refractivity contribution in [3.05, 3.63) is 84.1 Å². The molecule has 0 aliphatic rings. The Morgan fingerprint density at radius 1 is 0.929 bits per heavy atom. The number of anilines is 1. The molecule has 222 valence electrons. The number of hydrogen-bond acceptors (Lipinski definition) is 7. The molecule has 0 bridgehead atoms. The summed E-state index contributed by atoms with van der Waals surface area (Å²) in [6, 6.07) is 18.8. The first-order chi connectivity index (χ1) is 20.0. The molecule has 0 saturated carbocycles. The van der Waals surface area contributed by atoms with E-state index >= 15 is 0 Å². The molecule has 42 heavy (non-hydrogen) atoms. The summed E-state index contributed by atoms with van der Waals surface area (Å²) in [6.45, 7) is 2.00. The summed E-state index contributed by atoms with van der Waals surface area (Å²) in [5.41, 5.74) is 2.99. The largest absolute Gasteiger partial charge is 0.491 e. The molecular formula is C30H31F3N4O5. The fraction of sp³-hybridized carbons (Fsp3) is 0.300. The number of esters is 2. The molecule has 0 aliphatic heterocycles. The number of benzene rings is 2. The maximum Gasteiger partial charge on any atom is 0.491 e. The van der Waals surface area contributed by atoms with Crippen LogP contribution in [0, 0.1) is 6.92 Å². The van der Waals surface area contributed by atoms with Crippen molar-refractivity contribution in [3.8, 4) is 11.1 Å². The van der Waals surface area contributed by atoms with Gasteiger partial charge in [-0.2, -0.15) is 13.2 Å². The van der Waals surface area contributed by atoms with Crippen LogP contribution in [0.1, 0.15) is 42.9 Å². The minimum atomic E-state index is -5.35. The second-order valence-corrected chi connectivity index (χ2v) is 9.40. The van der Waals surface area contributed by atoms with Crippen molar-refractivity contribution in [2.45, 2.75) is 44.8 Å². The van der Waals surface area contributed by atoms with Gasteiger partial charge in [0, 0.05) is 19.2 Å². The molecule has 0 radical (unpaired) electrons. The molecule has 0 saturated heterocycles. The summed E-state index contributed by atoms with van der Waals surface area (Å²) in [5.74, 6) is -4.42. The Morgan fingerprint density at radius 3 is 2.33 bits per heavy atom. The van der Waals surface area contributed by atoms with Crippen LogP contribution >= 0.6 is 0 Å². The fourth-order valence-electron chi connectivity index (χ4n) is 4.07. The Hall–Kier alpha value is -4.74. The number of pyridine rings is 1. The van der Waals surface area contributed by atoms with Crippen LogP contribution in [0.3, 0.4) is 0 Å². The molecule has 12 heteroatoms. The molecule has 3 rings (SSSR count). The standard InChI is InChI=1S/C30H31F3N4O5/c1-20-17-22(13-14-23(20)21-9-3-2-4-10-21)24(18-28(40)42-29(41)30(31,32)33)37-27(39)19-36-26(38)12-6-8-16-35-25-11-5-7-15-34-25/h2-5,7,9-11,13-15,17,24H,6,8,12,16,18-19H2,1H3,(H,34,35)(H,36,38)(H,37,39). The van der Waals surface area contributed by atoms with Gasteiger partial charge in [-0.3, -0.25) is 14.4 Å². The highest BCUT2D eigenvalue weighted by Crippen LogP contribution is 2.28. The average molecular weight is 585 g/mol. The molecule has 0 fully saturated rings. The predicted molar refractivity (Wildman–Crippen MR) is 149 cm³/mol. The van der Waals surface area contributed by atoms with Gasteiger partial charge in [-0.15, -0.1) is 0 Å². The number of carbonyl (C=O) groups is 4. The van der Waals surface area contributed by atoms with Gasteiger partial charge in [0.2, 0.25) is 11.8 Å². The number of halogens is 3. The van der Waals surface area contributed by atoms with Crippen molar-refractivity contribution in [1.82, 2.24) is 15.6 Å². The molecule has 9 nitrogen and oxygen atoms in total. The zero-order valence-corrected chi connectivity index (χ0v) is 22.9. The van der Waals surface area contributed by atoms with Gasteiger partial charge < -0.3 is 20.7 Å². The van der Waals surface area contributed by atoms with Gasteiger partial charge in [0.25, 0.3) is 0 Å². The summed E-state index contributed by atoms with van der Waals surface area (Å²) in [5, 5.41) is 8.17.